The number of amides is 1. The Balaban J connectivity index is 0.000000241. The minimum absolute atomic E-state index is 0.106. The predicted molar refractivity (Wildman–Crippen MR) is 145 cm³/mol. The lowest BCUT2D eigenvalue weighted by Crippen LogP contribution is -2.14. The summed E-state index contributed by atoms with van der Waals surface area (Å²) in [6.07, 6.45) is -9.23. The van der Waals surface area contributed by atoms with Gasteiger partial charge < -0.3 is 16.2 Å². The number of benzene rings is 4. The number of carbonyl (C=O) groups excluding carboxylic acids is 1. The first-order chi connectivity index (χ1) is 19.1. The second-order valence-corrected chi connectivity index (χ2v) is 8.74. The van der Waals surface area contributed by atoms with Gasteiger partial charge in [-0.25, -0.2) is 4.79 Å². The van der Waals surface area contributed by atoms with E-state index in [4.69, 9.17) is 34.0 Å². The average molecular weight is 617 g/mol. The zero-order chi connectivity index (χ0) is 30.8. The van der Waals surface area contributed by atoms with Crippen LogP contribution >= 0.6 is 23.2 Å². The number of nitrogens with one attached hydrogen (secondary N) is 1. The number of hydrogen-bond acceptors (Lipinski definition) is 3. The minimum Gasteiger partial charge on any atom is -0.478 e. The maximum Gasteiger partial charge on any atom is 0.417 e. The van der Waals surface area contributed by atoms with E-state index in [1.165, 1.54) is 6.07 Å². The first-order valence-corrected chi connectivity index (χ1v) is 12.0. The summed E-state index contributed by atoms with van der Waals surface area (Å²) in [4.78, 5) is 22.3. The molecule has 0 atom stereocenters. The lowest BCUT2D eigenvalue weighted by atomic mass is 10.1. The van der Waals surface area contributed by atoms with Crippen molar-refractivity contribution in [2.75, 3.05) is 11.1 Å². The standard InChI is InChI=1S/C14H9ClF3NO.C8H4ClF3O2.C6H7N/c15-12-7-6-9(8-11(12)14(16,17)18)13(20)19-10-4-2-1-3-5-10;9-6-2-1-4(7(13)14)3-5(6)8(10,11)12;7-6-4-2-1-3-5-6/h1-8H,(H,19,20);1-3H,(H,13,14);1-5H,7H2. The monoisotopic (exact) mass is 616 g/mol. The number of carbonyl (C=O) groups is 2. The molecule has 0 heterocycles. The highest BCUT2D eigenvalue weighted by Gasteiger charge is 2.34. The molecule has 216 valence electrons. The third-order valence-electron chi connectivity index (χ3n) is 4.88. The molecule has 0 saturated heterocycles. The average Bonchev–Trinajstić information content (AvgIpc) is 2.89. The summed E-state index contributed by atoms with van der Waals surface area (Å²) in [5.74, 6) is -2.05. The first-order valence-electron chi connectivity index (χ1n) is 11.2. The van der Waals surface area contributed by atoms with Crippen LogP contribution in [0, 0.1) is 0 Å². The first kappa shape index (κ1) is 33.0. The Morgan fingerprint density at radius 3 is 1.46 bits per heavy atom. The molecule has 0 spiro atoms. The van der Waals surface area contributed by atoms with Crippen molar-refractivity contribution in [2.24, 2.45) is 0 Å². The van der Waals surface area contributed by atoms with Crippen LogP contribution in [-0.4, -0.2) is 17.0 Å². The summed E-state index contributed by atoms with van der Waals surface area (Å²) in [5, 5.41) is 10.0. The van der Waals surface area contributed by atoms with Crippen LogP contribution in [0.4, 0.5) is 37.7 Å². The Labute approximate surface area is 240 Å². The molecule has 0 saturated carbocycles. The fourth-order valence-corrected chi connectivity index (χ4v) is 3.39. The van der Waals surface area contributed by atoms with Gasteiger partial charge >= 0.3 is 18.3 Å². The van der Waals surface area contributed by atoms with Crippen molar-refractivity contribution in [3.8, 4) is 0 Å². The third kappa shape index (κ3) is 10.7. The van der Waals surface area contributed by atoms with E-state index in [0.717, 1.165) is 30.0 Å². The van der Waals surface area contributed by atoms with Gasteiger partial charge in [-0.05, 0) is 60.7 Å². The smallest absolute Gasteiger partial charge is 0.417 e. The van der Waals surface area contributed by atoms with Crippen LogP contribution in [0.1, 0.15) is 31.8 Å². The highest BCUT2D eigenvalue weighted by molar-refractivity contribution is 6.32. The Morgan fingerprint density at radius 2 is 1.07 bits per heavy atom. The van der Waals surface area contributed by atoms with Crippen LogP contribution in [-0.2, 0) is 12.4 Å². The largest absolute Gasteiger partial charge is 0.478 e. The molecule has 0 aliphatic rings. The molecule has 0 unspecified atom stereocenters. The highest BCUT2D eigenvalue weighted by Crippen LogP contribution is 2.36. The van der Waals surface area contributed by atoms with Crippen LogP contribution in [0.5, 0.6) is 0 Å². The minimum atomic E-state index is -4.64. The van der Waals surface area contributed by atoms with E-state index in [-0.39, 0.29) is 5.56 Å². The summed E-state index contributed by atoms with van der Waals surface area (Å²) in [6, 6.07) is 23.4. The molecule has 5 nitrogen and oxygen atoms in total. The number of aromatic carboxylic acids is 1. The number of hydrogen-bond donors (Lipinski definition) is 3. The van der Waals surface area contributed by atoms with Crippen LogP contribution in [0.15, 0.2) is 97.1 Å². The molecule has 0 aliphatic heterocycles. The van der Waals surface area contributed by atoms with Gasteiger partial charge in [0, 0.05) is 16.9 Å². The molecule has 0 fully saturated rings. The summed E-state index contributed by atoms with van der Waals surface area (Å²) >= 11 is 10.8. The molecule has 0 radical (unpaired) electrons. The maximum atomic E-state index is 12.7. The van der Waals surface area contributed by atoms with Crippen molar-refractivity contribution in [3.63, 3.8) is 0 Å². The molecular formula is C28H20Cl2F6N2O3. The normalized spacial score (nSPS) is 10.8. The number of rotatable bonds is 3. The van der Waals surface area contributed by atoms with Gasteiger partial charge in [0.05, 0.1) is 26.7 Å². The van der Waals surface area contributed by atoms with E-state index in [2.05, 4.69) is 5.32 Å². The van der Waals surface area contributed by atoms with E-state index in [0.29, 0.717) is 11.8 Å². The summed E-state index contributed by atoms with van der Waals surface area (Å²) < 4.78 is 74.8. The lowest BCUT2D eigenvalue weighted by molar-refractivity contribution is -0.138. The number of carboxylic acids is 1. The van der Waals surface area contributed by atoms with Crippen LogP contribution in [0.2, 0.25) is 10.0 Å². The molecule has 4 rings (SSSR count). The topological polar surface area (TPSA) is 92.4 Å². The number of alkyl halides is 6. The van der Waals surface area contributed by atoms with Crippen LogP contribution < -0.4 is 11.1 Å². The van der Waals surface area contributed by atoms with E-state index < -0.39 is 51.0 Å². The fraction of sp³-hybridized carbons (Fsp3) is 0.0714. The molecule has 4 N–H and O–H groups in total. The van der Waals surface area contributed by atoms with E-state index in [9.17, 15) is 35.9 Å². The van der Waals surface area contributed by atoms with Gasteiger partial charge in [0.1, 0.15) is 0 Å². The number of halogens is 8. The predicted octanol–water partition coefficient (Wildman–Crippen LogP) is 8.94. The number of para-hydroxylation sites is 2. The molecule has 0 aromatic heterocycles. The van der Waals surface area contributed by atoms with Crippen molar-refractivity contribution < 1.29 is 41.0 Å². The molecular weight excluding hydrogens is 597 g/mol. The number of anilines is 2. The maximum absolute atomic E-state index is 12.7. The molecule has 4 aromatic rings. The highest BCUT2D eigenvalue weighted by atomic mass is 35.5. The second kappa shape index (κ2) is 14.4. The molecule has 0 bridgehead atoms. The number of carboxylic acid groups (broad SMARTS) is 1. The lowest BCUT2D eigenvalue weighted by Gasteiger charge is -2.11. The Kier molecular flexibility index (Phi) is 11.6. The van der Waals surface area contributed by atoms with Gasteiger partial charge in [0.15, 0.2) is 0 Å². The Bertz CT molecular complexity index is 1470. The van der Waals surface area contributed by atoms with Crippen molar-refractivity contribution in [2.45, 2.75) is 12.4 Å². The third-order valence-corrected chi connectivity index (χ3v) is 5.54. The quantitative estimate of drug-likeness (QED) is 0.158. The van der Waals surface area contributed by atoms with Gasteiger partial charge in [-0.3, -0.25) is 4.79 Å². The zero-order valence-corrected chi connectivity index (χ0v) is 22.1. The zero-order valence-electron chi connectivity index (χ0n) is 20.6. The van der Waals surface area contributed by atoms with Gasteiger partial charge in [0.2, 0.25) is 0 Å². The summed E-state index contributed by atoms with van der Waals surface area (Å²) in [5.41, 5.74) is 3.96. The Morgan fingerprint density at radius 1 is 0.659 bits per heavy atom. The summed E-state index contributed by atoms with van der Waals surface area (Å²) in [6.45, 7) is 0. The molecule has 4 aromatic carbocycles. The van der Waals surface area contributed by atoms with Gasteiger partial charge in [-0.2, -0.15) is 26.3 Å². The molecule has 41 heavy (non-hydrogen) atoms. The van der Waals surface area contributed by atoms with Crippen molar-refractivity contribution in [3.05, 3.63) is 129 Å². The second-order valence-electron chi connectivity index (χ2n) is 7.92. The molecule has 1 amide bonds. The Hall–Kier alpha value is -4.22. The molecule has 0 aliphatic carbocycles. The van der Waals surface area contributed by atoms with Crippen LogP contribution in [0.25, 0.3) is 0 Å². The van der Waals surface area contributed by atoms with E-state index in [1.807, 2.05) is 30.3 Å². The SMILES string of the molecule is Nc1ccccc1.O=C(Nc1ccccc1)c1ccc(Cl)c(C(F)(F)F)c1.O=C(O)c1ccc(Cl)c(C(F)(F)F)c1. The fourth-order valence-electron chi connectivity index (χ4n) is 2.94. The van der Waals surface area contributed by atoms with Crippen LogP contribution in [0.3, 0.4) is 0 Å². The number of nitrogens with two attached hydrogens (primary N) is 1. The van der Waals surface area contributed by atoms with Crippen molar-refractivity contribution in [1.82, 2.24) is 0 Å². The number of nitrogen functional groups attached to an aromatic ring is 1. The van der Waals surface area contributed by atoms with Gasteiger partial charge in [0.25, 0.3) is 5.91 Å². The van der Waals surface area contributed by atoms with E-state index in [1.54, 1.807) is 30.3 Å². The van der Waals surface area contributed by atoms with Gasteiger partial charge in [-0.1, -0.05) is 59.6 Å². The van der Waals surface area contributed by atoms with E-state index >= 15 is 0 Å². The van der Waals surface area contributed by atoms with Gasteiger partial charge in [-0.15, -0.1) is 0 Å². The van der Waals surface area contributed by atoms with Crippen molar-refractivity contribution >= 4 is 46.5 Å². The summed E-state index contributed by atoms with van der Waals surface area (Å²) in [7, 11) is 0. The van der Waals surface area contributed by atoms with Crippen molar-refractivity contribution in [1.29, 1.82) is 0 Å². The molecule has 13 heteroatoms.